The highest BCUT2D eigenvalue weighted by atomic mass is 16.5. The van der Waals surface area contributed by atoms with Gasteiger partial charge in [0, 0.05) is 37.9 Å². The zero-order valence-corrected chi connectivity index (χ0v) is 13.0. The number of nitrogens with zero attached hydrogens (tertiary/aromatic N) is 3. The zero-order valence-electron chi connectivity index (χ0n) is 13.0. The molecule has 22 heavy (non-hydrogen) atoms. The summed E-state index contributed by atoms with van der Waals surface area (Å²) < 4.78 is 5.38. The third kappa shape index (κ3) is 2.08. The number of carbonyl (C=O) groups is 1. The fourth-order valence-corrected chi connectivity index (χ4v) is 3.93. The number of aromatic nitrogens is 2. The molecular formula is C16H22N4O2. The third-order valence-corrected chi connectivity index (χ3v) is 5.31. The van der Waals surface area contributed by atoms with Crippen LogP contribution in [0.1, 0.15) is 50.3 Å². The van der Waals surface area contributed by atoms with E-state index in [1.54, 1.807) is 6.92 Å². The second-order valence-electron chi connectivity index (χ2n) is 6.58. The maximum absolute atomic E-state index is 12.0. The van der Waals surface area contributed by atoms with Crippen LogP contribution in [0.5, 0.6) is 0 Å². The molecule has 0 atom stereocenters. The summed E-state index contributed by atoms with van der Waals surface area (Å²) in [6, 6.07) is 0.384. The van der Waals surface area contributed by atoms with E-state index in [2.05, 4.69) is 10.3 Å². The molecule has 0 bridgehead atoms. The molecule has 3 aliphatic rings. The van der Waals surface area contributed by atoms with Gasteiger partial charge in [0.15, 0.2) is 0 Å². The van der Waals surface area contributed by atoms with Gasteiger partial charge in [0.05, 0.1) is 17.8 Å². The predicted molar refractivity (Wildman–Crippen MR) is 81.2 cm³/mol. The van der Waals surface area contributed by atoms with E-state index in [0.29, 0.717) is 18.5 Å². The minimum Gasteiger partial charge on any atom is -0.381 e. The number of anilines is 1. The predicted octanol–water partition coefficient (Wildman–Crippen LogP) is 1.81. The summed E-state index contributed by atoms with van der Waals surface area (Å²) >= 11 is 0. The van der Waals surface area contributed by atoms with Gasteiger partial charge in [-0.1, -0.05) is 0 Å². The Balaban J connectivity index is 1.58. The van der Waals surface area contributed by atoms with Crippen LogP contribution < -0.4 is 5.32 Å². The van der Waals surface area contributed by atoms with Gasteiger partial charge in [0.25, 0.3) is 0 Å². The molecule has 1 spiro atoms. The Morgan fingerprint density at radius 1 is 1.41 bits per heavy atom. The summed E-state index contributed by atoms with van der Waals surface area (Å²) in [6.07, 6.45) is 7.16. The molecule has 1 N–H and O–H groups in total. The molecule has 1 aromatic rings. The van der Waals surface area contributed by atoms with Crippen LogP contribution in [0.25, 0.3) is 0 Å². The van der Waals surface area contributed by atoms with Gasteiger partial charge in [0.2, 0.25) is 11.9 Å². The first kappa shape index (κ1) is 13.9. The lowest BCUT2D eigenvalue weighted by Crippen LogP contribution is -2.48. The average Bonchev–Trinajstić information content (AvgIpc) is 2.83. The Morgan fingerprint density at radius 3 is 2.82 bits per heavy atom. The lowest BCUT2D eigenvalue weighted by molar-refractivity contribution is -0.139. The number of carbonyl (C=O) groups excluding carboxylic acids is 1. The summed E-state index contributed by atoms with van der Waals surface area (Å²) in [5.41, 5.74) is 2.06. The lowest BCUT2D eigenvalue weighted by atomic mass is 9.72. The van der Waals surface area contributed by atoms with E-state index in [0.717, 1.165) is 50.2 Å². The van der Waals surface area contributed by atoms with E-state index in [4.69, 9.17) is 9.72 Å². The van der Waals surface area contributed by atoms with E-state index in [9.17, 15) is 4.79 Å². The van der Waals surface area contributed by atoms with Gasteiger partial charge in [0.1, 0.15) is 0 Å². The molecule has 1 saturated heterocycles. The molecule has 0 unspecified atom stereocenters. The summed E-state index contributed by atoms with van der Waals surface area (Å²) in [4.78, 5) is 23.2. The van der Waals surface area contributed by atoms with Gasteiger partial charge in [-0.15, -0.1) is 0 Å². The van der Waals surface area contributed by atoms with Gasteiger partial charge in [-0.3, -0.25) is 4.79 Å². The largest absolute Gasteiger partial charge is 0.381 e. The molecule has 3 heterocycles. The van der Waals surface area contributed by atoms with Crippen LogP contribution in [0.15, 0.2) is 6.20 Å². The van der Waals surface area contributed by atoms with Crippen molar-refractivity contribution in [2.45, 2.75) is 57.2 Å². The maximum Gasteiger partial charge on any atom is 0.223 e. The minimum atomic E-state index is -0.113. The van der Waals surface area contributed by atoms with Crippen LogP contribution in [-0.2, 0) is 21.6 Å². The minimum absolute atomic E-state index is 0.113. The van der Waals surface area contributed by atoms with Gasteiger partial charge < -0.3 is 15.0 Å². The number of ether oxygens (including phenoxy) is 1. The van der Waals surface area contributed by atoms with Crippen molar-refractivity contribution in [3.05, 3.63) is 17.5 Å². The van der Waals surface area contributed by atoms with Crippen LogP contribution in [0.4, 0.5) is 5.95 Å². The second kappa shape index (κ2) is 5.19. The van der Waals surface area contributed by atoms with Crippen LogP contribution in [0.2, 0.25) is 0 Å². The second-order valence-corrected chi connectivity index (χ2v) is 6.58. The molecule has 1 amide bonds. The highest BCUT2D eigenvalue weighted by Gasteiger charge is 2.51. The van der Waals surface area contributed by atoms with E-state index in [1.165, 1.54) is 6.42 Å². The highest BCUT2D eigenvalue weighted by molar-refractivity contribution is 5.76. The van der Waals surface area contributed by atoms with Crippen LogP contribution in [0, 0.1) is 0 Å². The van der Waals surface area contributed by atoms with Gasteiger partial charge in [-0.2, -0.15) is 0 Å². The molecule has 2 aliphatic heterocycles. The quantitative estimate of drug-likeness (QED) is 0.902. The van der Waals surface area contributed by atoms with Crippen LogP contribution >= 0.6 is 0 Å². The Hall–Kier alpha value is -1.69. The molecule has 2 fully saturated rings. The van der Waals surface area contributed by atoms with Crippen molar-refractivity contribution in [1.82, 2.24) is 14.9 Å². The number of nitrogens with one attached hydrogen (secondary N) is 1. The highest BCUT2D eigenvalue weighted by Crippen LogP contribution is 2.51. The van der Waals surface area contributed by atoms with E-state index < -0.39 is 0 Å². The molecule has 6 heteroatoms. The average molecular weight is 302 g/mol. The van der Waals surface area contributed by atoms with Crippen molar-refractivity contribution in [2.24, 2.45) is 0 Å². The number of amides is 1. The molecule has 0 aromatic carbocycles. The smallest absolute Gasteiger partial charge is 0.223 e. The fraction of sp³-hybridized carbons (Fsp3) is 0.688. The molecule has 1 aromatic heterocycles. The number of hydrogen-bond acceptors (Lipinski definition) is 5. The van der Waals surface area contributed by atoms with Crippen molar-refractivity contribution >= 4 is 11.9 Å². The Kier molecular flexibility index (Phi) is 3.29. The first-order chi connectivity index (χ1) is 10.7. The first-order valence-electron chi connectivity index (χ1n) is 8.18. The first-order valence-corrected chi connectivity index (χ1v) is 8.18. The summed E-state index contributed by atoms with van der Waals surface area (Å²) in [5.74, 6) is 0.821. The Labute approximate surface area is 130 Å². The third-order valence-electron chi connectivity index (χ3n) is 5.31. The molecule has 1 aliphatic carbocycles. The summed E-state index contributed by atoms with van der Waals surface area (Å²) in [5, 5.41) is 3.41. The van der Waals surface area contributed by atoms with Gasteiger partial charge >= 0.3 is 0 Å². The van der Waals surface area contributed by atoms with Crippen molar-refractivity contribution in [2.75, 3.05) is 18.5 Å². The van der Waals surface area contributed by atoms with Crippen molar-refractivity contribution in [1.29, 1.82) is 0 Å². The van der Waals surface area contributed by atoms with Crippen molar-refractivity contribution in [3.63, 3.8) is 0 Å². The number of rotatable bonds is 2. The molecule has 118 valence electrons. The number of fused-ring (bicyclic) bond motifs is 2. The normalized spacial score (nSPS) is 23.2. The van der Waals surface area contributed by atoms with Crippen molar-refractivity contribution in [3.8, 4) is 0 Å². The molecule has 1 saturated carbocycles. The maximum atomic E-state index is 12.0. The van der Waals surface area contributed by atoms with Gasteiger partial charge in [-0.05, 0) is 32.1 Å². The standard InChI is InChI=1S/C16H22N4O2/c1-11(21)20-10-14-13(16(20)5-2-6-16)9-17-15(19-14)18-12-3-7-22-8-4-12/h9,12H,2-8,10H2,1H3,(H,17,18,19). The Bertz CT molecular complexity index is 594. The molecule has 0 radical (unpaired) electrons. The summed E-state index contributed by atoms with van der Waals surface area (Å²) in [7, 11) is 0. The Morgan fingerprint density at radius 2 is 2.18 bits per heavy atom. The zero-order chi connectivity index (χ0) is 15.2. The lowest BCUT2D eigenvalue weighted by Gasteiger charge is -2.45. The van der Waals surface area contributed by atoms with Gasteiger partial charge in [-0.25, -0.2) is 9.97 Å². The monoisotopic (exact) mass is 302 g/mol. The van der Waals surface area contributed by atoms with E-state index in [1.807, 2.05) is 11.1 Å². The van der Waals surface area contributed by atoms with Crippen molar-refractivity contribution < 1.29 is 9.53 Å². The fourth-order valence-electron chi connectivity index (χ4n) is 3.93. The number of hydrogen-bond donors (Lipinski definition) is 1. The SMILES string of the molecule is CC(=O)N1Cc2nc(NC3CCOCC3)ncc2C12CCC2. The van der Waals surface area contributed by atoms with Crippen LogP contribution in [0.3, 0.4) is 0 Å². The molecule has 6 nitrogen and oxygen atoms in total. The molecule has 4 rings (SSSR count). The summed E-state index contributed by atoms with van der Waals surface area (Å²) in [6.45, 7) is 3.86. The van der Waals surface area contributed by atoms with E-state index in [-0.39, 0.29) is 11.4 Å². The molecular weight excluding hydrogens is 280 g/mol. The topological polar surface area (TPSA) is 67.4 Å². The van der Waals surface area contributed by atoms with Crippen LogP contribution in [-0.4, -0.2) is 40.0 Å². The van der Waals surface area contributed by atoms with E-state index >= 15 is 0 Å².